The summed E-state index contributed by atoms with van der Waals surface area (Å²) in [5.74, 6) is 1.36. The second kappa shape index (κ2) is 5.59. The number of ether oxygens (including phenoxy) is 1. The van der Waals surface area contributed by atoms with Gasteiger partial charge in [-0.2, -0.15) is 9.36 Å². The summed E-state index contributed by atoms with van der Waals surface area (Å²) in [6.45, 7) is 2.76. The highest BCUT2D eigenvalue weighted by atomic mass is 32.1. The minimum Gasteiger partial charge on any atom is -0.465 e. The summed E-state index contributed by atoms with van der Waals surface area (Å²) in [4.78, 5) is 4.34. The van der Waals surface area contributed by atoms with Gasteiger partial charge in [-0.15, -0.1) is 0 Å². The number of nitrogens with two attached hydrogens (primary N) is 1. The van der Waals surface area contributed by atoms with Crippen molar-refractivity contribution < 1.29 is 4.74 Å². The molecular formula is C11H19N3OS. The Hall–Kier alpha value is -0.680. The molecule has 1 aliphatic rings. The van der Waals surface area contributed by atoms with Crippen LogP contribution in [0.1, 0.15) is 38.4 Å². The molecule has 4 nitrogen and oxygen atoms in total. The molecule has 0 aromatic carbocycles. The van der Waals surface area contributed by atoms with Crippen molar-refractivity contribution in [1.29, 1.82) is 0 Å². The largest absolute Gasteiger partial charge is 0.465 e. The Morgan fingerprint density at radius 2 is 2.25 bits per heavy atom. The quantitative estimate of drug-likeness (QED) is 0.875. The summed E-state index contributed by atoms with van der Waals surface area (Å²) in [5.41, 5.74) is 5.77. The number of rotatable bonds is 4. The van der Waals surface area contributed by atoms with E-state index >= 15 is 0 Å². The summed E-state index contributed by atoms with van der Waals surface area (Å²) < 4.78 is 10.1. The van der Waals surface area contributed by atoms with Gasteiger partial charge in [0, 0.05) is 23.9 Å². The molecule has 90 valence electrons. The Bertz CT molecular complexity index is 329. The molecule has 0 amide bonds. The van der Waals surface area contributed by atoms with Gasteiger partial charge in [0.05, 0.1) is 0 Å². The average Bonchev–Trinajstić information content (AvgIpc) is 2.77. The van der Waals surface area contributed by atoms with Crippen LogP contribution in [0.4, 0.5) is 0 Å². The standard InChI is InChI=1S/C11H19N3OS/c1-2-10-13-11(16-14-10)15-9-6-4-3-5-8(9)7-12/h8-9H,2-7,12H2,1H3. The van der Waals surface area contributed by atoms with E-state index in [1.165, 1.54) is 30.8 Å². The van der Waals surface area contributed by atoms with Crippen molar-refractivity contribution in [3.63, 3.8) is 0 Å². The van der Waals surface area contributed by atoms with Crippen LogP contribution in [0.5, 0.6) is 5.19 Å². The molecule has 1 aliphatic carbocycles. The molecule has 2 rings (SSSR count). The fourth-order valence-electron chi connectivity index (χ4n) is 2.16. The predicted octanol–water partition coefficient (Wildman–Crippen LogP) is 2.00. The van der Waals surface area contributed by atoms with Crippen LogP contribution in [-0.2, 0) is 6.42 Å². The van der Waals surface area contributed by atoms with Crippen LogP contribution >= 0.6 is 11.5 Å². The zero-order valence-corrected chi connectivity index (χ0v) is 10.5. The normalized spacial score (nSPS) is 25.6. The first-order chi connectivity index (χ1) is 7.83. The molecule has 2 N–H and O–H groups in total. The highest BCUT2D eigenvalue weighted by Gasteiger charge is 2.26. The van der Waals surface area contributed by atoms with Crippen molar-refractivity contribution in [2.24, 2.45) is 11.7 Å². The Morgan fingerprint density at radius 3 is 2.94 bits per heavy atom. The van der Waals surface area contributed by atoms with Crippen LogP contribution in [-0.4, -0.2) is 22.0 Å². The number of hydrogen-bond donors (Lipinski definition) is 1. The van der Waals surface area contributed by atoms with E-state index in [9.17, 15) is 0 Å². The summed E-state index contributed by atoms with van der Waals surface area (Å²) in [6, 6.07) is 0. The lowest BCUT2D eigenvalue weighted by atomic mass is 9.86. The van der Waals surface area contributed by atoms with Crippen LogP contribution in [0.25, 0.3) is 0 Å². The molecule has 1 heterocycles. The number of nitrogens with zero attached hydrogens (tertiary/aromatic N) is 2. The van der Waals surface area contributed by atoms with E-state index in [-0.39, 0.29) is 6.10 Å². The lowest BCUT2D eigenvalue weighted by Crippen LogP contribution is -2.35. The summed E-state index contributed by atoms with van der Waals surface area (Å²) in [7, 11) is 0. The summed E-state index contributed by atoms with van der Waals surface area (Å²) in [6.07, 6.45) is 5.91. The van der Waals surface area contributed by atoms with Gasteiger partial charge in [-0.3, -0.25) is 0 Å². The number of hydrogen-bond acceptors (Lipinski definition) is 5. The van der Waals surface area contributed by atoms with Crippen LogP contribution in [0.2, 0.25) is 0 Å². The van der Waals surface area contributed by atoms with Crippen molar-refractivity contribution >= 4 is 11.5 Å². The molecular weight excluding hydrogens is 222 g/mol. The average molecular weight is 241 g/mol. The molecule has 1 fully saturated rings. The lowest BCUT2D eigenvalue weighted by molar-refractivity contribution is 0.0965. The third-order valence-corrected chi connectivity index (χ3v) is 3.81. The second-order valence-electron chi connectivity index (χ2n) is 4.27. The van der Waals surface area contributed by atoms with Crippen molar-refractivity contribution in [3.05, 3.63) is 5.82 Å². The summed E-state index contributed by atoms with van der Waals surface area (Å²) >= 11 is 1.36. The molecule has 0 radical (unpaired) electrons. The van der Waals surface area contributed by atoms with Crippen LogP contribution in [0, 0.1) is 5.92 Å². The van der Waals surface area contributed by atoms with Crippen LogP contribution in [0.15, 0.2) is 0 Å². The zero-order chi connectivity index (χ0) is 11.4. The van der Waals surface area contributed by atoms with E-state index in [0.717, 1.165) is 18.7 Å². The molecule has 2 unspecified atom stereocenters. The van der Waals surface area contributed by atoms with Gasteiger partial charge in [0.25, 0.3) is 5.19 Å². The molecule has 1 aromatic heterocycles. The minimum atomic E-state index is 0.247. The van der Waals surface area contributed by atoms with Crippen molar-refractivity contribution in [1.82, 2.24) is 9.36 Å². The van der Waals surface area contributed by atoms with Gasteiger partial charge >= 0.3 is 0 Å². The predicted molar refractivity (Wildman–Crippen MR) is 64.7 cm³/mol. The van der Waals surface area contributed by atoms with Gasteiger partial charge < -0.3 is 10.5 Å². The number of aromatic nitrogens is 2. The maximum Gasteiger partial charge on any atom is 0.293 e. The van der Waals surface area contributed by atoms with Gasteiger partial charge in [0.2, 0.25) is 0 Å². The van der Waals surface area contributed by atoms with E-state index < -0.39 is 0 Å². The Balaban J connectivity index is 1.96. The summed E-state index contributed by atoms with van der Waals surface area (Å²) in [5, 5.41) is 0.710. The van der Waals surface area contributed by atoms with Gasteiger partial charge in [0.15, 0.2) is 0 Å². The maximum absolute atomic E-state index is 5.91. The third kappa shape index (κ3) is 2.71. The third-order valence-electron chi connectivity index (χ3n) is 3.16. The van der Waals surface area contributed by atoms with Crippen molar-refractivity contribution in [2.45, 2.75) is 45.1 Å². The SMILES string of the molecule is CCc1nsc(OC2CCCCC2CN)n1. The molecule has 0 aliphatic heterocycles. The molecule has 0 spiro atoms. The number of aryl methyl sites for hydroxylation is 1. The highest BCUT2D eigenvalue weighted by Crippen LogP contribution is 2.28. The van der Waals surface area contributed by atoms with Crippen molar-refractivity contribution in [3.8, 4) is 5.19 Å². The Labute approximate surface area is 100 Å². The van der Waals surface area contributed by atoms with Gasteiger partial charge in [0.1, 0.15) is 11.9 Å². The fraction of sp³-hybridized carbons (Fsp3) is 0.818. The maximum atomic E-state index is 5.91. The van der Waals surface area contributed by atoms with Gasteiger partial charge in [-0.1, -0.05) is 13.3 Å². The first kappa shape index (κ1) is 11.8. The van der Waals surface area contributed by atoms with Gasteiger partial charge in [-0.25, -0.2) is 0 Å². The first-order valence-corrected chi connectivity index (χ1v) is 6.80. The van der Waals surface area contributed by atoms with Crippen molar-refractivity contribution in [2.75, 3.05) is 6.54 Å². The molecule has 16 heavy (non-hydrogen) atoms. The monoisotopic (exact) mass is 241 g/mol. The van der Waals surface area contributed by atoms with Crippen LogP contribution in [0.3, 0.4) is 0 Å². The van der Waals surface area contributed by atoms with E-state index in [2.05, 4.69) is 16.3 Å². The first-order valence-electron chi connectivity index (χ1n) is 6.02. The topological polar surface area (TPSA) is 61.0 Å². The van der Waals surface area contributed by atoms with Crippen LogP contribution < -0.4 is 10.5 Å². The van der Waals surface area contributed by atoms with Gasteiger partial charge in [-0.05, 0) is 25.8 Å². The molecule has 1 aromatic rings. The van der Waals surface area contributed by atoms with E-state index in [0.29, 0.717) is 17.7 Å². The Morgan fingerprint density at radius 1 is 1.44 bits per heavy atom. The lowest BCUT2D eigenvalue weighted by Gasteiger charge is -2.29. The minimum absolute atomic E-state index is 0.247. The zero-order valence-electron chi connectivity index (χ0n) is 9.69. The Kier molecular flexibility index (Phi) is 4.12. The molecule has 5 heteroatoms. The van der Waals surface area contributed by atoms with E-state index in [1.54, 1.807) is 0 Å². The molecule has 1 saturated carbocycles. The highest BCUT2D eigenvalue weighted by molar-refractivity contribution is 7.07. The second-order valence-corrected chi connectivity index (χ2v) is 4.98. The van der Waals surface area contributed by atoms with E-state index in [4.69, 9.17) is 10.5 Å². The van der Waals surface area contributed by atoms with E-state index in [1.807, 2.05) is 0 Å². The molecule has 0 saturated heterocycles. The smallest absolute Gasteiger partial charge is 0.293 e. The fourth-order valence-corrected chi connectivity index (χ4v) is 2.82. The molecule has 0 bridgehead atoms. The molecule has 2 atom stereocenters.